The number of benzene rings is 2. The van der Waals surface area contributed by atoms with Crippen molar-refractivity contribution >= 4 is 5.69 Å². The lowest BCUT2D eigenvalue weighted by atomic mass is 10.3. The van der Waals surface area contributed by atoms with E-state index in [9.17, 15) is 18.9 Å². The van der Waals surface area contributed by atoms with Crippen LogP contribution >= 0.6 is 0 Å². The Morgan fingerprint density at radius 1 is 1.00 bits per heavy atom. The van der Waals surface area contributed by atoms with E-state index < -0.39 is 16.6 Å². The third kappa shape index (κ3) is 4.13. The number of nitrogens with zero attached hydrogens (tertiary/aromatic N) is 1. The minimum Gasteiger partial charge on any atom is -0.490 e. The molecule has 5 nitrogen and oxygen atoms in total. The van der Waals surface area contributed by atoms with Crippen molar-refractivity contribution in [1.82, 2.24) is 0 Å². The summed E-state index contributed by atoms with van der Waals surface area (Å²) in [6.07, 6.45) is 0. The van der Waals surface area contributed by atoms with E-state index in [0.29, 0.717) is 5.75 Å². The number of halogens is 2. The highest BCUT2D eigenvalue weighted by Gasteiger charge is 2.15. The smallest absolute Gasteiger partial charge is 0.311 e. The van der Waals surface area contributed by atoms with Gasteiger partial charge in [-0.25, -0.2) is 8.78 Å². The fourth-order valence-corrected chi connectivity index (χ4v) is 1.62. The van der Waals surface area contributed by atoms with Crippen LogP contribution in [0.3, 0.4) is 0 Å². The Hall–Kier alpha value is -2.70. The Morgan fingerprint density at radius 2 is 1.71 bits per heavy atom. The SMILES string of the molecule is O=[N+]([O-])c1ccc(F)cc1OCCOc1cccc(F)c1. The molecule has 0 aromatic heterocycles. The van der Waals surface area contributed by atoms with Gasteiger partial charge in [-0.3, -0.25) is 10.1 Å². The zero-order valence-corrected chi connectivity index (χ0v) is 10.8. The van der Waals surface area contributed by atoms with Crippen LogP contribution in [0.1, 0.15) is 0 Å². The van der Waals surface area contributed by atoms with E-state index in [1.165, 1.54) is 18.2 Å². The second-order valence-corrected chi connectivity index (χ2v) is 4.02. The molecule has 110 valence electrons. The van der Waals surface area contributed by atoms with Gasteiger partial charge in [0.15, 0.2) is 5.75 Å². The molecular weight excluding hydrogens is 284 g/mol. The molecule has 2 aromatic carbocycles. The van der Waals surface area contributed by atoms with E-state index in [-0.39, 0.29) is 24.7 Å². The topological polar surface area (TPSA) is 61.6 Å². The number of hydrogen-bond acceptors (Lipinski definition) is 4. The molecule has 0 unspecified atom stereocenters. The highest BCUT2D eigenvalue weighted by atomic mass is 19.1. The molecule has 0 heterocycles. The number of ether oxygens (including phenoxy) is 2. The van der Waals surface area contributed by atoms with Gasteiger partial charge in [-0.2, -0.15) is 0 Å². The highest BCUT2D eigenvalue weighted by molar-refractivity contribution is 5.46. The molecule has 0 amide bonds. The molecule has 7 heteroatoms. The summed E-state index contributed by atoms with van der Waals surface area (Å²) >= 11 is 0. The summed E-state index contributed by atoms with van der Waals surface area (Å²) in [5, 5.41) is 10.8. The monoisotopic (exact) mass is 295 g/mol. The van der Waals surface area contributed by atoms with Crippen LogP contribution in [-0.2, 0) is 0 Å². The molecule has 2 rings (SSSR count). The standard InChI is InChI=1S/C14H11F2NO4/c15-10-2-1-3-12(8-10)20-6-7-21-14-9-11(16)4-5-13(14)17(18)19/h1-5,8-9H,6-7H2. The Morgan fingerprint density at radius 3 is 2.43 bits per heavy atom. The Bertz CT molecular complexity index is 649. The van der Waals surface area contributed by atoms with Gasteiger partial charge in [0.1, 0.15) is 30.6 Å². The molecule has 0 spiro atoms. The predicted molar refractivity (Wildman–Crippen MR) is 70.4 cm³/mol. The molecule has 0 aliphatic carbocycles. The second-order valence-electron chi connectivity index (χ2n) is 4.02. The van der Waals surface area contributed by atoms with Crippen LogP contribution in [0, 0.1) is 21.7 Å². The average Bonchev–Trinajstić information content (AvgIpc) is 2.43. The van der Waals surface area contributed by atoms with E-state index in [2.05, 4.69) is 0 Å². The molecule has 0 bridgehead atoms. The fraction of sp³-hybridized carbons (Fsp3) is 0.143. The number of nitro groups is 1. The molecule has 0 N–H and O–H groups in total. The summed E-state index contributed by atoms with van der Waals surface area (Å²) in [4.78, 5) is 10.1. The van der Waals surface area contributed by atoms with Gasteiger partial charge in [-0.1, -0.05) is 6.07 Å². The summed E-state index contributed by atoms with van der Waals surface area (Å²) in [5.74, 6) is -0.939. The van der Waals surface area contributed by atoms with Crippen LogP contribution < -0.4 is 9.47 Å². The van der Waals surface area contributed by atoms with Gasteiger partial charge in [0.25, 0.3) is 0 Å². The Labute approximate surface area is 118 Å². The van der Waals surface area contributed by atoms with Crippen molar-refractivity contribution in [3.05, 3.63) is 64.2 Å². The summed E-state index contributed by atoms with van der Waals surface area (Å²) in [7, 11) is 0. The predicted octanol–water partition coefficient (Wildman–Crippen LogP) is 3.33. The maximum absolute atomic E-state index is 13.1. The quantitative estimate of drug-likeness (QED) is 0.466. The minimum atomic E-state index is -0.664. The maximum atomic E-state index is 13.1. The van der Waals surface area contributed by atoms with Crippen LogP contribution in [0.4, 0.5) is 14.5 Å². The lowest BCUT2D eigenvalue weighted by Crippen LogP contribution is -2.10. The first-order valence-electron chi connectivity index (χ1n) is 6.01. The summed E-state index contributed by atoms with van der Waals surface area (Å²) < 4.78 is 36.3. The molecule has 2 aromatic rings. The van der Waals surface area contributed by atoms with Crippen LogP contribution in [0.15, 0.2) is 42.5 Å². The first-order chi connectivity index (χ1) is 10.1. The van der Waals surface area contributed by atoms with Gasteiger partial charge in [-0.05, 0) is 18.2 Å². The first kappa shape index (κ1) is 14.7. The summed E-state index contributed by atoms with van der Waals surface area (Å²) in [6, 6.07) is 8.47. The lowest BCUT2D eigenvalue weighted by Gasteiger charge is -2.08. The minimum absolute atomic E-state index is 0.0388. The van der Waals surface area contributed by atoms with Crippen molar-refractivity contribution in [2.75, 3.05) is 13.2 Å². The van der Waals surface area contributed by atoms with Gasteiger partial charge in [0.2, 0.25) is 0 Å². The largest absolute Gasteiger partial charge is 0.490 e. The number of hydrogen-bond donors (Lipinski definition) is 0. The normalized spacial score (nSPS) is 10.2. The molecule has 0 fully saturated rings. The van der Waals surface area contributed by atoms with Crippen molar-refractivity contribution in [1.29, 1.82) is 0 Å². The molecule has 0 radical (unpaired) electrons. The second kappa shape index (κ2) is 6.65. The molecule has 0 saturated carbocycles. The van der Waals surface area contributed by atoms with E-state index in [1.54, 1.807) is 6.07 Å². The van der Waals surface area contributed by atoms with Gasteiger partial charge in [-0.15, -0.1) is 0 Å². The van der Waals surface area contributed by atoms with Gasteiger partial charge >= 0.3 is 5.69 Å². The van der Waals surface area contributed by atoms with Crippen molar-refractivity contribution in [3.63, 3.8) is 0 Å². The van der Waals surface area contributed by atoms with Crippen LogP contribution in [-0.4, -0.2) is 18.1 Å². The van der Waals surface area contributed by atoms with E-state index in [0.717, 1.165) is 18.2 Å². The van der Waals surface area contributed by atoms with Crippen molar-refractivity contribution < 1.29 is 23.2 Å². The molecule has 21 heavy (non-hydrogen) atoms. The van der Waals surface area contributed by atoms with Gasteiger partial charge < -0.3 is 9.47 Å². The molecule has 0 aliphatic rings. The maximum Gasteiger partial charge on any atom is 0.311 e. The van der Waals surface area contributed by atoms with E-state index in [1.807, 2.05) is 0 Å². The lowest BCUT2D eigenvalue weighted by molar-refractivity contribution is -0.385. The van der Waals surface area contributed by atoms with Crippen LogP contribution in [0.5, 0.6) is 11.5 Å². The first-order valence-corrected chi connectivity index (χ1v) is 6.01. The average molecular weight is 295 g/mol. The summed E-state index contributed by atoms with van der Waals surface area (Å²) in [5.41, 5.74) is -0.331. The zero-order valence-electron chi connectivity index (χ0n) is 10.8. The zero-order chi connectivity index (χ0) is 15.2. The van der Waals surface area contributed by atoms with Crippen LogP contribution in [0.2, 0.25) is 0 Å². The molecule has 0 atom stereocenters. The van der Waals surface area contributed by atoms with Gasteiger partial charge in [0, 0.05) is 18.2 Å². The van der Waals surface area contributed by atoms with Crippen molar-refractivity contribution in [2.45, 2.75) is 0 Å². The number of rotatable bonds is 6. The van der Waals surface area contributed by atoms with Crippen molar-refractivity contribution in [2.24, 2.45) is 0 Å². The van der Waals surface area contributed by atoms with E-state index in [4.69, 9.17) is 9.47 Å². The highest BCUT2D eigenvalue weighted by Crippen LogP contribution is 2.27. The molecule has 0 saturated heterocycles. The van der Waals surface area contributed by atoms with Crippen molar-refractivity contribution in [3.8, 4) is 11.5 Å². The fourth-order valence-electron chi connectivity index (χ4n) is 1.62. The van der Waals surface area contributed by atoms with Gasteiger partial charge in [0.05, 0.1) is 4.92 Å². The Kier molecular flexibility index (Phi) is 4.65. The third-order valence-electron chi connectivity index (χ3n) is 2.52. The van der Waals surface area contributed by atoms with E-state index >= 15 is 0 Å². The van der Waals surface area contributed by atoms with Crippen LogP contribution in [0.25, 0.3) is 0 Å². The molecular formula is C14H11F2NO4. The Balaban J connectivity index is 1.91. The summed E-state index contributed by atoms with van der Waals surface area (Å²) in [6.45, 7) is -0.00206. The number of nitro benzene ring substituents is 1. The third-order valence-corrected chi connectivity index (χ3v) is 2.52. The molecule has 0 aliphatic heterocycles.